The summed E-state index contributed by atoms with van der Waals surface area (Å²) < 4.78 is 6.04. The predicted molar refractivity (Wildman–Crippen MR) is 124 cm³/mol. The van der Waals surface area contributed by atoms with E-state index in [2.05, 4.69) is 33.0 Å². The number of nitrogens with zero attached hydrogens (tertiary/aromatic N) is 3. The molecule has 3 aromatic rings. The van der Waals surface area contributed by atoms with Gasteiger partial charge in [-0.3, -0.25) is 4.79 Å². The maximum absolute atomic E-state index is 12.9. The molecule has 0 saturated heterocycles. The lowest BCUT2D eigenvalue weighted by Gasteiger charge is -2.22. The Morgan fingerprint density at radius 1 is 1.27 bits per heavy atom. The molecule has 1 aromatic carbocycles. The molecule has 0 radical (unpaired) electrons. The monoisotopic (exact) mass is 460 g/mol. The van der Waals surface area contributed by atoms with Crippen molar-refractivity contribution < 1.29 is 9.53 Å². The van der Waals surface area contributed by atoms with Crippen molar-refractivity contribution >= 4 is 45.5 Å². The molecule has 0 unspecified atom stereocenters. The molecular weight excluding hydrogens is 436 g/mol. The van der Waals surface area contributed by atoms with Gasteiger partial charge in [0.05, 0.1) is 12.9 Å². The number of hydrogen-bond donors (Lipinski definition) is 1. The Kier molecular flexibility index (Phi) is 7.24. The topological polar surface area (TPSA) is 67.3 Å². The van der Waals surface area contributed by atoms with E-state index in [0.29, 0.717) is 18.3 Å². The zero-order valence-electron chi connectivity index (χ0n) is 16.7. The molecule has 1 saturated carbocycles. The summed E-state index contributed by atoms with van der Waals surface area (Å²) in [5.74, 6) is 1.37. The Labute approximate surface area is 188 Å². The van der Waals surface area contributed by atoms with E-state index < -0.39 is 0 Å². The van der Waals surface area contributed by atoms with Gasteiger partial charge < -0.3 is 15.0 Å². The Morgan fingerprint density at radius 3 is 2.80 bits per heavy atom. The fourth-order valence-electron chi connectivity index (χ4n) is 3.03. The SMILES string of the molecule is COc1ccc(CN(C(=O)CSc2nnc(NCCc3cccs3)s2)C2CC2)cc1. The number of nitrogens with one attached hydrogen (secondary N) is 1. The smallest absolute Gasteiger partial charge is 0.233 e. The highest BCUT2D eigenvalue weighted by atomic mass is 32.2. The summed E-state index contributed by atoms with van der Waals surface area (Å²) in [6.45, 7) is 1.47. The van der Waals surface area contributed by atoms with Crippen molar-refractivity contribution in [1.29, 1.82) is 0 Å². The fraction of sp³-hybridized carbons (Fsp3) is 0.381. The first kappa shape index (κ1) is 21.1. The third-order valence-electron chi connectivity index (χ3n) is 4.77. The van der Waals surface area contributed by atoms with E-state index >= 15 is 0 Å². The number of carbonyl (C=O) groups excluding carboxylic acids is 1. The number of rotatable bonds is 11. The van der Waals surface area contributed by atoms with E-state index in [0.717, 1.165) is 46.6 Å². The van der Waals surface area contributed by atoms with Gasteiger partial charge in [0, 0.05) is 24.0 Å². The summed E-state index contributed by atoms with van der Waals surface area (Å²) in [7, 11) is 1.66. The minimum absolute atomic E-state index is 0.153. The number of amides is 1. The second kappa shape index (κ2) is 10.3. The van der Waals surface area contributed by atoms with Crippen molar-refractivity contribution in [2.75, 3.05) is 24.7 Å². The second-order valence-electron chi connectivity index (χ2n) is 7.02. The van der Waals surface area contributed by atoms with Crippen LogP contribution in [0.15, 0.2) is 46.1 Å². The Hall–Kier alpha value is -2.10. The first-order chi connectivity index (χ1) is 14.7. The molecule has 1 amide bonds. The molecule has 4 rings (SSSR count). The van der Waals surface area contributed by atoms with Gasteiger partial charge in [0.1, 0.15) is 5.75 Å². The molecular formula is C21H24N4O2S3. The molecule has 0 spiro atoms. The molecule has 158 valence electrons. The number of aromatic nitrogens is 2. The van der Waals surface area contributed by atoms with Crippen LogP contribution in [0.4, 0.5) is 5.13 Å². The van der Waals surface area contributed by atoms with Gasteiger partial charge in [-0.25, -0.2) is 0 Å². The van der Waals surface area contributed by atoms with E-state index in [-0.39, 0.29) is 5.91 Å². The van der Waals surface area contributed by atoms with Crippen LogP contribution in [0, 0.1) is 0 Å². The highest BCUT2D eigenvalue weighted by molar-refractivity contribution is 8.01. The number of anilines is 1. The summed E-state index contributed by atoms with van der Waals surface area (Å²) >= 11 is 4.73. The van der Waals surface area contributed by atoms with Crippen LogP contribution >= 0.6 is 34.4 Å². The van der Waals surface area contributed by atoms with Crippen molar-refractivity contribution in [2.45, 2.75) is 36.2 Å². The summed E-state index contributed by atoms with van der Waals surface area (Å²) in [4.78, 5) is 16.2. The fourth-order valence-corrected chi connectivity index (χ4v) is 5.40. The Balaban J connectivity index is 1.25. The normalized spacial score (nSPS) is 13.2. The van der Waals surface area contributed by atoms with Crippen LogP contribution in [0.25, 0.3) is 0 Å². The molecule has 30 heavy (non-hydrogen) atoms. The Morgan fingerprint density at radius 2 is 2.10 bits per heavy atom. The first-order valence-electron chi connectivity index (χ1n) is 9.86. The number of thioether (sulfide) groups is 1. The number of ether oxygens (including phenoxy) is 1. The second-order valence-corrected chi connectivity index (χ2v) is 10.3. The van der Waals surface area contributed by atoms with E-state index in [1.165, 1.54) is 28.0 Å². The van der Waals surface area contributed by atoms with Gasteiger partial charge >= 0.3 is 0 Å². The number of methoxy groups -OCH3 is 1. The van der Waals surface area contributed by atoms with E-state index in [1.54, 1.807) is 18.4 Å². The maximum atomic E-state index is 12.9. The molecule has 0 atom stereocenters. The van der Waals surface area contributed by atoms with Crippen LogP contribution in [-0.2, 0) is 17.8 Å². The minimum atomic E-state index is 0.153. The molecule has 0 bridgehead atoms. The molecule has 2 aromatic heterocycles. The van der Waals surface area contributed by atoms with Gasteiger partial charge in [-0.2, -0.15) is 0 Å². The average molecular weight is 461 g/mol. The zero-order valence-corrected chi connectivity index (χ0v) is 19.2. The quantitative estimate of drug-likeness (QED) is 0.424. The third kappa shape index (κ3) is 5.96. The summed E-state index contributed by atoms with van der Waals surface area (Å²) in [5.41, 5.74) is 1.12. The third-order valence-corrected chi connectivity index (χ3v) is 7.71. The molecule has 1 aliphatic rings. The van der Waals surface area contributed by atoms with Crippen molar-refractivity contribution in [1.82, 2.24) is 15.1 Å². The minimum Gasteiger partial charge on any atom is -0.497 e. The number of hydrogen-bond acceptors (Lipinski definition) is 8. The number of benzene rings is 1. The largest absolute Gasteiger partial charge is 0.497 e. The molecule has 6 nitrogen and oxygen atoms in total. The lowest BCUT2D eigenvalue weighted by molar-refractivity contribution is -0.129. The molecule has 1 N–H and O–H groups in total. The lowest BCUT2D eigenvalue weighted by atomic mass is 10.2. The average Bonchev–Trinajstić information content (AvgIpc) is 3.28. The van der Waals surface area contributed by atoms with Crippen LogP contribution < -0.4 is 10.1 Å². The zero-order chi connectivity index (χ0) is 20.8. The number of carbonyl (C=O) groups is 1. The van der Waals surface area contributed by atoms with Gasteiger partial charge in [-0.05, 0) is 48.4 Å². The molecule has 2 heterocycles. The van der Waals surface area contributed by atoms with Crippen LogP contribution in [0.3, 0.4) is 0 Å². The highest BCUT2D eigenvalue weighted by Gasteiger charge is 2.32. The molecule has 9 heteroatoms. The van der Waals surface area contributed by atoms with Crippen molar-refractivity contribution in [3.63, 3.8) is 0 Å². The van der Waals surface area contributed by atoms with E-state index in [4.69, 9.17) is 4.74 Å². The van der Waals surface area contributed by atoms with Gasteiger partial charge in [0.2, 0.25) is 11.0 Å². The van der Waals surface area contributed by atoms with Crippen LogP contribution in [0.5, 0.6) is 5.75 Å². The molecule has 1 fully saturated rings. The molecule has 1 aliphatic carbocycles. The molecule has 0 aliphatic heterocycles. The summed E-state index contributed by atoms with van der Waals surface area (Å²) in [6.07, 6.45) is 3.15. The maximum Gasteiger partial charge on any atom is 0.233 e. The van der Waals surface area contributed by atoms with Gasteiger partial charge in [-0.1, -0.05) is 41.3 Å². The van der Waals surface area contributed by atoms with Crippen molar-refractivity contribution in [2.24, 2.45) is 0 Å². The number of thiophene rings is 1. The van der Waals surface area contributed by atoms with Crippen molar-refractivity contribution in [3.05, 3.63) is 52.2 Å². The summed E-state index contributed by atoms with van der Waals surface area (Å²) in [6, 6.07) is 12.5. The lowest BCUT2D eigenvalue weighted by Crippen LogP contribution is -2.33. The van der Waals surface area contributed by atoms with Crippen molar-refractivity contribution in [3.8, 4) is 5.75 Å². The Bertz CT molecular complexity index is 940. The van der Waals surface area contributed by atoms with Gasteiger partial charge in [0.15, 0.2) is 4.34 Å². The van der Waals surface area contributed by atoms with Crippen LogP contribution in [0.2, 0.25) is 0 Å². The van der Waals surface area contributed by atoms with E-state index in [1.807, 2.05) is 29.2 Å². The van der Waals surface area contributed by atoms with Crippen LogP contribution in [-0.4, -0.2) is 46.5 Å². The predicted octanol–water partition coefficient (Wildman–Crippen LogP) is 4.55. The summed E-state index contributed by atoms with van der Waals surface area (Å²) in [5, 5.41) is 14.6. The standard InChI is InChI=1S/C21H24N4O2S3/c1-27-17-8-4-15(5-9-17)13-25(16-6-7-16)19(26)14-29-21-24-23-20(30-21)22-11-10-18-3-2-12-28-18/h2-5,8-9,12,16H,6-7,10-11,13-14H2,1H3,(H,22,23). The van der Waals surface area contributed by atoms with E-state index in [9.17, 15) is 4.79 Å². The van der Waals surface area contributed by atoms with Gasteiger partial charge in [0.25, 0.3) is 0 Å². The van der Waals surface area contributed by atoms with Crippen LogP contribution in [0.1, 0.15) is 23.3 Å². The first-order valence-corrected chi connectivity index (χ1v) is 12.5. The highest BCUT2D eigenvalue weighted by Crippen LogP contribution is 2.31. The van der Waals surface area contributed by atoms with Gasteiger partial charge in [-0.15, -0.1) is 21.5 Å².